The van der Waals surface area contributed by atoms with Gasteiger partial charge in [0, 0.05) is 6.42 Å². The summed E-state index contributed by atoms with van der Waals surface area (Å²) in [7, 11) is 0. The zero-order valence-electron chi connectivity index (χ0n) is 11.4. The van der Waals surface area contributed by atoms with Gasteiger partial charge >= 0.3 is 11.9 Å². The van der Waals surface area contributed by atoms with Crippen LogP contribution in [0.25, 0.3) is 0 Å². The number of hydrogen-bond acceptors (Lipinski definition) is 6. The summed E-state index contributed by atoms with van der Waals surface area (Å²) in [4.78, 5) is 33.0. The average Bonchev–Trinajstić information content (AvgIpc) is 2.42. The summed E-state index contributed by atoms with van der Waals surface area (Å²) in [6.07, 6.45) is -0.295. The molecule has 0 unspecified atom stereocenters. The normalized spacial score (nSPS) is 10.9. The molecule has 0 bridgehead atoms. The first kappa shape index (κ1) is 18.3. The maximum atomic E-state index is 11.6. The van der Waals surface area contributed by atoms with Gasteiger partial charge in [0.2, 0.25) is 5.91 Å². The molecule has 20 heavy (non-hydrogen) atoms. The first-order valence-corrected chi connectivity index (χ1v) is 6.29. The van der Waals surface area contributed by atoms with E-state index >= 15 is 0 Å². The molecule has 0 saturated carbocycles. The number of rotatable bonds is 10. The molecule has 4 N–H and O–H groups in total. The van der Waals surface area contributed by atoms with E-state index in [0.29, 0.717) is 6.42 Å². The van der Waals surface area contributed by atoms with Crippen LogP contribution in [0.5, 0.6) is 0 Å². The molecular weight excluding hydrogens is 270 g/mol. The fourth-order valence-electron chi connectivity index (χ4n) is 1.34. The van der Waals surface area contributed by atoms with Crippen molar-refractivity contribution < 1.29 is 34.4 Å². The van der Waals surface area contributed by atoms with Crippen molar-refractivity contribution in [3.05, 3.63) is 0 Å². The van der Waals surface area contributed by atoms with E-state index < -0.39 is 36.6 Å². The first-order chi connectivity index (χ1) is 9.39. The Bertz CT molecular complexity index is 330. The number of nitrogens with one attached hydrogen (secondary N) is 1. The minimum absolute atomic E-state index is 0.159. The van der Waals surface area contributed by atoms with E-state index in [2.05, 4.69) is 10.1 Å². The molecule has 0 heterocycles. The predicted molar refractivity (Wildman–Crippen MR) is 67.8 cm³/mol. The molecular formula is C12H21NO7. The molecule has 0 saturated heterocycles. The third-order valence-corrected chi connectivity index (χ3v) is 2.82. The number of hydrogen-bond donors (Lipinski definition) is 4. The number of carboxylic acid groups (broad SMARTS) is 1. The number of carboxylic acids is 1. The fourth-order valence-corrected chi connectivity index (χ4v) is 1.34. The topological polar surface area (TPSA) is 133 Å². The lowest BCUT2D eigenvalue weighted by molar-refractivity contribution is -0.147. The second-order valence-corrected chi connectivity index (χ2v) is 4.36. The quantitative estimate of drug-likeness (QED) is 0.381. The van der Waals surface area contributed by atoms with E-state index in [4.69, 9.17) is 15.3 Å². The molecule has 0 atom stereocenters. The Morgan fingerprint density at radius 3 is 2.15 bits per heavy atom. The van der Waals surface area contributed by atoms with Gasteiger partial charge in [-0.15, -0.1) is 0 Å². The largest absolute Gasteiger partial charge is 0.481 e. The Labute approximate surface area is 116 Å². The lowest BCUT2D eigenvalue weighted by atomic mass is 9.98. The molecule has 0 spiro atoms. The van der Waals surface area contributed by atoms with Crippen LogP contribution in [0.1, 0.15) is 32.6 Å². The summed E-state index contributed by atoms with van der Waals surface area (Å²) in [6.45, 7) is 0.651. The van der Waals surface area contributed by atoms with Crippen LogP contribution < -0.4 is 5.32 Å². The highest BCUT2D eigenvalue weighted by molar-refractivity contribution is 5.81. The Kier molecular flexibility index (Phi) is 8.49. The fraction of sp³-hybridized carbons (Fsp3) is 0.750. The summed E-state index contributed by atoms with van der Waals surface area (Å²) in [5, 5.41) is 29.1. The molecule has 0 aromatic carbocycles. The lowest BCUT2D eigenvalue weighted by Gasteiger charge is -2.29. The van der Waals surface area contributed by atoms with Crippen molar-refractivity contribution >= 4 is 17.8 Å². The smallest absolute Gasteiger partial charge is 0.306 e. The molecule has 0 aromatic rings. The zero-order chi connectivity index (χ0) is 15.6. The Balaban J connectivity index is 4.03. The standard InChI is InChI=1S/C12H21NO7/c1-2-12(7-14,8-15)13-9(16)3-4-11(19)20-6-5-10(17)18/h14-15H,2-8H2,1H3,(H,13,16)(H,17,18). The van der Waals surface area contributed by atoms with Gasteiger partial charge in [0.15, 0.2) is 0 Å². The van der Waals surface area contributed by atoms with Crippen LogP contribution in [0.4, 0.5) is 0 Å². The number of aliphatic carboxylic acids is 1. The third-order valence-electron chi connectivity index (χ3n) is 2.82. The second kappa shape index (κ2) is 9.27. The molecule has 8 nitrogen and oxygen atoms in total. The van der Waals surface area contributed by atoms with E-state index in [1.165, 1.54) is 0 Å². The third kappa shape index (κ3) is 7.05. The van der Waals surface area contributed by atoms with Crippen molar-refractivity contribution in [2.75, 3.05) is 19.8 Å². The van der Waals surface area contributed by atoms with Crippen molar-refractivity contribution in [1.29, 1.82) is 0 Å². The maximum Gasteiger partial charge on any atom is 0.306 e. The maximum absolute atomic E-state index is 11.6. The van der Waals surface area contributed by atoms with E-state index in [1.807, 2.05) is 0 Å². The van der Waals surface area contributed by atoms with E-state index in [9.17, 15) is 14.4 Å². The Hall–Kier alpha value is -1.67. The van der Waals surface area contributed by atoms with Crippen molar-refractivity contribution in [2.24, 2.45) is 0 Å². The van der Waals surface area contributed by atoms with Crippen LogP contribution >= 0.6 is 0 Å². The Morgan fingerprint density at radius 1 is 1.10 bits per heavy atom. The molecule has 116 valence electrons. The van der Waals surface area contributed by atoms with Crippen LogP contribution in [0.2, 0.25) is 0 Å². The molecule has 0 fully saturated rings. The van der Waals surface area contributed by atoms with Gasteiger partial charge in [0.05, 0.1) is 31.6 Å². The minimum Gasteiger partial charge on any atom is -0.481 e. The van der Waals surface area contributed by atoms with Gasteiger partial charge < -0.3 is 25.4 Å². The van der Waals surface area contributed by atoms with Gasteiger partial charge in [-0.1, -0.05) is 6.92 Å². The van der Waals surface area contributed by atoms with Crippen molar-refractivity contribution in [3.63, 3.8) is 0 Å². The first-order valence-electron chi connectivity index (χ1n) is 6.29. The van der Waals surface area contributed by atoms with E-state index in [-0.39, 0.29) is 25.9 Å². The zero-order valence-corrected chi connectivity index (χ0v) is 11.4. The van der Waals surface area contributed by atoms with E-state index in [1.54, 1.807) is 6.92 Å². The molecule has 0 radical (unpaired) electrons. The van der Waals surface area contributed by atoms with Gasteiger partial charge in [-0.2, -0.15) is 0 Å². The highest BCUT2D eigenvalue weighted by Crippen LogP contribution is 2.09. The monoisotopic (exact) mass is 291 g/mol. The van der Waals surface area contributed by atoms with Gasteiger partial charge in [0.25, 0.3) is 0 Å². The van der Waals surface area contributed by atoms with Gasteiger partial charge in [-0.25, -0.2) is 0 Å². The number of esters is 1. The molecule has 0 aromatic heterocycles. The van der Waals surface area contributed by atoms with Crippen LogP contribution in [0.15, 0.2) is 0 Å². The minimum atomic E-state index is -1.09. The number of ether oxygens (including phenoxy) is 1. The molecule has 0 aliphatic carbocycles. The average molecular weight is 291 g/mol. The second-order valence-electron chi connectivity index (χ2n) is 4.36. The van der Waals surface area contributed by atoms with Crippen LogP contribution in [0, 0.1) is 0 Å². The van der Waals surface area contributed by atoms with Gasteiger partial charge in [-0.05, 0) is 6.42 Å². The molecule has 8 heteroatoms. The summed E-state index contributed by atoms with van der Waals surface area (Å²) in [6, 6.07) is 0. The molecule has 0 aliphatic rings. The summed E-state index contributed by atoms with van der Waals surface area (Å²) >= 11 is 0. The molecule has 0 aliphatic heterocycles. The van der Waals surface area contributed by atoms with Crippen molar-refractivity contribution in [3.8, 4) is 0 Å². The van der Waals surface area contributed by atoms with Crippen molar-refractivity contribution in [1.82, 2.24) is 5.32 Å². The number of amides is 1. The number of carbonyl (C=O) groups is 3. The van der Waals surface area contributed by atoms with Crippen LogP contribution in [-0.2, 0) is 19.1 Å². The molecule has 0 rings (SSSR count). The van der Waals surface area contributed by atoms with E-state index in [0.717, 1.165) is 0 Å². The lowest BCUT2D eigenvalue weighted by Crippen LogP contribution is -2.53. The summed E-state index contributed by atoms with van der Waals surface area (Å²) < 4.78 is 4.61. The number of carbonyl (C=O) groups excluding carboxylic acids is 2. The predicted octanol–water partition coefficient (Wildman–Crippen LogP) is -0.966. The SMILES string of the molecule is CCC(CO)(CO)NC(=O)CCC(=O)OCCC(=O)O. The molecule has 1 amide bonds. The number of aliphatic hydroxyl groups is 2. The summed E-state index contributed by atoms with van der Waals surface area (Å²) in [5.41, 5.74) is -1.09. The Morgan fingerprint density at radius 2 is 1.70 bits per heavy atom. The van der Waals surface area contributed by atoms with Crippen LogP contribution in [-0.4, -0.2) is 58.5 Å². The number of aliphatic hydroxyl groups excluding tert-OH is 2. The highest BCUT2D eigenvalue weighted by atomic mass is 16.5. The van der Waals surface area contributed by atoms with Gasteiger partial charge in [-0.3, -0.25) is 14.4 Å². The van der Waals surface area contributed by atoms with Gasteiger partial charge in [0.1, 0.15) is 6.61 Å². The summed E-state index contributed by atoms with van der Waals surface area (Å²) in [5.74, 6) is -2.24. The van der Waals surface area contributed by atoms with Crippen molar-refractivity contribution in [2.45, 2.75) is 38.1 Å². The highest BCUT2D eigenvalue weighted by Gasteiger charge is 2.28. The van der Waals surface area contributed by atoms with Crippen LogP contribution in [0.3, 0.4) is 0 Å².